The molecule has 0 radical (unpaired) electrons. The predicted octanol–water partition coefficient (Wildman–Crippen LogP) is 5.77. The Balaban J connectivity index is 2.66. The fourth-order valence-electron chi connectivity index (χ4n) is 4.62. The van der Waals surface area contributed by atoms with E-state index in [0.29, 0.717) is 0 Å². The van der Waals surface area contributed by atoms with Crippen LogP contribution >= 0.6 is 0 Å². The van der Waals surface area contributed by atoms with Crippen LogP contribution in [0.25, 0.3) is 0 Å². The van der Waals surface area contributed by atoms with E-state index in [4.69, 9.17) is 20.9 Å². The van der Waals surface area contributed by atoms with Crippen LogP contribution in [0.15, 0.2) is 36.4 Å². The number of hydrogen-bond acceptors (Lipinski definition) is 5. The van der Waals surface area contributed by atoms with Crippen molar-refractivity contribution in [3.05, 3.63) is 58.7 Å². The Kier molecular flexibility index (Phi) is 8.60. The number of Topliss-reactive ketones (excluding diaryl/α,β-unsaturated/α-hetero) is 1. The average molecular weight is 469 g/mol. The zero-order valence-corrected chi connectivity index (χ0v) is 22.7. The molecular weight excluding hydrogens is 424 g/mol. The summed E-state index contributed by atoms with van der Waals surface area (Å²) in [6.45, 7) is 19.8. The fraction of sp³-hybridized carbons (Fsp3) is 0.552. The van der Waals surface area contributed by atoms with Crippen LogP contribution in [0.2, 0.25) is 0 Å². The summed E-state index contributed by atoms with van der Waals surface area (Å²) in [5, 5.41) is 0. The highest BCUT2D eigenvalue weighted by molar-refractivity contribution is 5.99. The second kappa shape index (κ2) is 10.5. The van der Waals surface area contributed by atoms with Crippen LogP contribution in [0.4, 0.5) is 0 Å². The minimum absolute atomic E-state index is 0.0582. The number of aryl methyl sites for hydroxylation is 2. The van der Waals surface area contributed by atoms with E-state index in [9.17, 15) is 4.79 Å². The van der Waals surface area contributed by atoms with Gasteiger partial charge in [-0.25, -0.2) is 0 Å². The maximum absolute atomic E-state index is 14.5. The molecular formula is C29H44N2O3. The van der Waals surface area contributed by atoms with Gasteiger partial charge in [0.2, 0.25) is 0 Å². The molecule has 0 aromatic heterocycles. The molecule has 0 amide bonds. The molecule has 0 spiro atoms. The molecule has 5 nitrogen and oxygen atoms in total. The topological polar surface area (TPSA) is 87.6 Å². The zero-order valence-electron chi connectivity index (χ0n) is 22.7. The first-order chi connectivity index (χ1) is 15.6. The number of ketones is 1. The van der Waals surface area contributed by atoms with Gasteiger partial charge in [-0.3, -0.25) is 4.79 Å². The number of carbonyl (C=O) groups excluding carboxylic acids is 1. The summed E-state index contributed by atoms with van der Waals surface area (Å²) in [7, 11) is 0. The van der Waals surface area contributed by atoms with Gasteiger partial charge in [-0.15, -0.1) is 0 Å². The van der Waals surface area contributed by atoms with Gasteiger partial charge in [-0.2, -0.15) is 0 Å². The Morgan fingerprint density at radius 1 is 0.676 bits per heavy atom. The number of carbonyl (C=O) groups is 1. The van der Waals surface area contributed by atoms with Crippen LogP contribution in [0, 0.1) is 25.7 Å². The van der Waals surface area contributed by atoms with Crippen molar-refractivity contribution >= 4 is 5.78 Å². The van der Waals surface area contributed by atoms with E-state index in [-0.39, 0.29) is 29.8 Å². The van der Waals surface area contributed by atoms with Crippen LogP contribution in [0.1, 0.15) is 77.6 Å². The average Bonchev–Trinajstić information content (AvgIpc) is 2.71. The van der Waals surface area contributed by atoms with Crippen molar-refractivity contribution in [2.75, 3.05) is 0 Å². The lowest BCUT2D eigenvalue weighted by molar-refractivity contribution is -0.133. The molecule has 2 aromatic rings. The van der Waals surface area contributed by atoms with Gasteiger partial charge in [0.1, 0.15) is 22.6 Å². The molecule has 4 N–H and O–H groups in total. The zero-order chi connectivity index (χ0) is 26.0. The highest BCUT2D eigenvalue weighted by Crippen LogP contribution is 2.42. The van der Waals surface area contributed by atoms with Gasteiger partial charge in [0, 0.05) is 0 Å². The van der Waals surface area contributed by atoms with Crippen molar-refractivity contribution in [1.82, 2.24) is 0 Å². The summed E-state index contributed by atoms with van der Waals surface area (Å²) in [5.74, 6) is 0.969. The Morgan fingerprint density at radius 2 is 1.00 bits per heavy atom. The third-order valence-electron chi connectivity index (χ3n) is 6.60. The van der Waals surface area contributed by atoms with E-state index in [1.165, 1.54) is 0 Å². The molecule has 2 rings (SSSR count). The largest absolute Gasteiger partial charge is 0.491 e. The smallest absolute Gasteiger partial charge is 0.181 e. The molecule has 0 saturated carbocycles. The highest BCUT2D eigenvalue weighted by atomic mass is 16.5. The van der Waals surface area contributed by atoms with Gasteiger partial charge >= 0.3 is 0 Å². The van der Waals surface area contributed by atoms with E-state index in [1.807, 2.05) is 106 Å². The van der Waals surface area contributed by atoms with Crippen molar-refractivity contribution in [2.24, 2.45) is 23.3 Å². The highest BCUT2D eigenvalue weighted by Gasteiger charge is 2.52. The molecule has 0 heterocycles. The summed E-state index contributed by atoms with van der Waals surface area (Å²) in [6, 6.07) is 11.5. The quantitative estimate of drug-likeness (QED) is 0.462. The van der Waals surface area contributed by atoms with Crippen molar-refractivity contribution in [2.45, 2.75) is 92.5 Å². The third-order valence-corrected chi connectivity index (χ3v) is 6.60. The first kappa shape index (κ1) is 27.9. The van der Waals surface area contributed by atoms with E-state index in [0.717, 1.165) is 33.8 Å². The first-order valence-corrected chi connectivity index (χ1v) is 12.3. The second-order valence-corrected chi connectivity index (χ2v) is 10.7. The fourth-order valence-corrected chi connectivity index (χ4v) is 4.62. The molecule has 2 atom stereocenters. The molecule has 2 unspecified atom stereocenters. The van der Waals surface area contributed by atoms with Gasteiger partial charge in [-0.05, 0) is 99.9 Å². The molecule has 0 aliphatic rings. The van der Waals surface area contributed by atoms with E-state index in [2.05, 4.69) is 0 Å². The van der Waals surface area contributed by atoms with Gasteiger partial charge in [0.25, 0.3) is 0 Å². The Labute approximate surface area is 206 Å². The lowest BCUT2D eigenvalue weighted by Crippen LogP contribution is -2.63. The number of hydrogen-bond donors (Lipinski definition) is 2. The molecule has 0 aliphatic heterocycles. The van der Waals surface area contributed by atoms with E-state index >= 15 is 0 Å². The molecule has 0 bridgehead atoms. The molecule has 0 aliphatic carbocycles. The van der Waals surface area contributed by atoms with Crippen molar-refractivity contribution in [1.29, 1.82) is 0 Å². The standard InChI is InChI=1S/C29H44N2O3/c1-17(2)28(30,25-13-11-23(15-21(25)9)33-19(5)6)27(32)29(31,18(3)4)26-14-12-24(16-22(26)10)34-20(7)8/h11-20H,30-31H2,1-10H3. The van der Waals surface area contributed by atoms with Crippen molar-refractivity contribution in [3.8, 4) is 11.5 Å². The lowest BCUT2D eigenvalue weighted by atomic mass is 9.64. The lowest BCUT2D eigenvalue weighted by Gasteiger charge is -2.44. The maximum atomic E-state index is 14.5. The summed E-state index contributed by atoms with van der Waals surface area (Å²) < 4.78 is 11.7. The van der Waals surface area contributed by atoms with Gasteiger partial charge in [0.05, 0.1) is 12.2 Å². The van der Waals surface area contributed by atoms with Crippen LogP contribution < -0.4 is 20.9 Å². The third kappa shape index (κ3) is 5.31. The number of rotatable bonds is 10. The van der Waals surface area contributed by atoms with Crippen LogP contribution in [0.5, 0.6) is 11.5 Å². The minimum atomic E-state index is -1.28. The summed E-state index contributed by atoms with van der Waals surface area (Å²) in [6.07, 6.45) is 0.116. The Bertz CT molecular complexity index is 933. The molecule has 0 saturated heterocycles. The maximum Gasteiger partial charge on any atom is 0.181 e. The summed E-state index contributed by atoms with van der Waals surface area (Å²) in [4.78, 5) is 14.5. The van der Waals surface area contributed by atoms with E-state index in [1.54, 1.807) is 0 Å². The molecule has 0 fully saturated rings. The SMILES string of the molecule is Cc1cc(OC(C)C)ccc1C(N)(C(=O)C(N)(c1ccc(OC(C)C)cc1C)C(C)C)C(C)C. The Morgan fingerprint density at radius 3 is 1.24 bits per heavy atom. The minimum Gasteiger partial charge on any atom is -0.491 e. The predicted molar refractivity (Wildman–Crippen MR) is 140 cm³/mol. The summed E-state index contributed by atoms with van der Waals surface area (Å²) >= 11 is 0. The Hall–Kier alpha value is -2.37. The monoisotopic (exact) mass is 468 g/mol. The van der Waals surface area contributed by atoms with Crippen LogP contribution in [0.3, 0.4) is 0 Å². The number of benzene rings is 2. The van der Waals surface area contributed by atoms with Crippen molar-refractivity contribution < 1.29 is 14.3 Å². The number of ether oxygens (including phenoxy) is 2. The van der Waals surface area contributed by atoms with Gasteiger partial charge in [-0.1, -0.05) is 39.8 Å². The first-order valence-electron chi connectivity index (χ1n) is 12.3. The summed E-state index contributed by atoms with van der Waals surface area (Å²) in [5.41, 5.74) is 14.9. The molecule has 188 valence electrons. The van der Waals surface area contributed by atoms with Gasteiger partial charge in [0.15, 0.2) is 5.78 Å². The normalized spacial score (nSPS) is 15.5. The number of nitrogens with two attached hydrogens (primary N) is 2. The van der Waals surface area contributed by atoms with E-state index < -0.39 is 11.1 Å². The second-order valence-electron chi connectivity index (χ2n) is 10.7. The molecule has 2 aromatic carbocycles. The van der Waals surface area contributed by atoms with Crippen LogP contribution in [-0.4, -0.2) is 18.0 Å². The van der Waals surface area contributed by atoms with Crippen LogP contribution in [-0.2, 0) is 15.9 Å². The van der Waals surface area contributed by atoms with Crippen molar-refractivity contribution in [3.63, 3.8) is 0 Å². The molecule has 34 heavy (non-hydrogen) atoms. The molecule has 5 heteroatoms. The van der Waals surface area contributed by atoms with Gasteiger partial charge < -0.3 is 20.9 Å².